The fraction of sp³-hybridized carbons (Fsp3) is 0.373. The van der Waals surface area contributed by atoms with Crippen LogP contribution in [-0.2, 0) is 53.4 Å². The summed E-state index contributed by atoms with van der Waals surface area (Å²) in [5, 5.41) is 12.7. The second-order valence-corrected chi connectivity index (χ2v) is 19.4. The lowest BCUT2D eigenvalue weighted by atomic mass is 9.89. The van der Waals surface area contributed by atoms with Crippen molar-refractivity contribution in [3.8, 4) is 11.1 Å². The Morgan fingerprint density at radius 3 is 2.21 bits per heavy atom. The van der Waals surface area contributed by atoms with Crippen molar-refractivity contribution in [3.63, 3.8) is 0 Å². The molecule has 5 aromatic carbocycles. The quantitative estimate of drug-likeness (QED) is 0.0894. The van der Waals surface area contributed by atoms with Gasteiger partial charge >= 0.3 is 5.97 Å². The minimum Gasteiger partial charge on any atom is -0.459 e. The molecule has 0 spiro atoms. The van der Waals surface area contributed by atoms with Gasteiger partial charge in [0.25, 0.3) is 0 Å². The van der Waals surface area contributed by atoms with Gasteiger partial charge in [-0.2, -0.15) is 4.72 Å². The molecule has 0 radical (unpaired) electrons. The van der Waals surface area contributed by atoms with E-state index in [9.17, 15) is 23.1 Å². The van der Waals surface area contributed by atoms with Gasteiger partial charge in [0, 0.05) is 24.6 Å². The van der Waals surface area contributed by atoms with Crippen LogP contribution in [0.2, 0.25) is 0 Å². The smallest absolute Gasteiger partial charge is 0.323 e. The number of aliphatic hydroxyl groups excluding tert-OH is 1. The van der Waals surface area contributed by atoms with Crippen molar-refractivity contribution >= 4 is 21.9 Å². The number of nitrogens with one attached hydrogen (secondary N) is 2. The van der Waals surface area contributed by atoms with E-state index < -0.39 is 33.9 Å². The Bertz CT molecular complexity index is 2440. The average molecular weight is 874 g/mol. The van der Waals surface area contributed by atoms with Crippen molar-refractivity contribution in [1.82, 2.24) is 14.9 Å². The van der Waals surface area contributed by atoms with Crippen LogP contribution in [-0.4, -0.2) is 67.2 Å². The van der Waals surface area contributed by atoms with Gasteiger partial charge in [-0.15, -0.1) is 0 Å². The molecule has 0 bridgehead atoms. The van der Waals surface area contributed by atoms with E-state index in [0.29, 0.717) is 6.54 Å². The van der Waals surface area contributed by atoms with E-state index in [1.54, 1.807) is 12.1 Å². The topological polar surface area (TPSA) is 144 Å². The van der Waals surface area contributed by atoms with Gasteiger partial charge in [-0.05, 0) is 111 Å². The molecule has 1 amide bonds. The van der Waals surface area contributed by atoms with Gasteiger partial charge in [0.1, 0.15) is 17.7 Å². The molecule has 11 nitrogen and oxygen atoms in total. The van der Waals surface area contributed by atoms with Gasteiger partial charge in [-0.3, -0.25) is 14.5 Å². The Balaban J connectivity index is 1.09. The highest BCUT2D eigenvalue weighted by molar-refractivity contribution is 7.89. The second-order valence-electron chi connectivity index (χ2n) is 17.7. The van der Waals surface area contributed by atoms with Gasteiger partial charge in [0.15, 0.2) is 6.29 Å². The van der Waals surface area contributed by atoms with Gasteiger partial charge in [-0.1, -0.05) is 116 Å². The molecule has 63 heavy (non-hydrogen) atoms. The summed E-state index contributed by atoms with van der Waals surface area (Å²) in [6.07, 6.45) is 0.469. The van der Waals surface area contributed by atoms with Crippen LogP contribution < -0.4 is 10.0 Å². The van der Waals surface area contributed by atoms with Crippen molar-refractivity contribution in [2.45, 2.75) is 108 Å². The predicted octanol–water partition coefficient (Wildman–Crippen LogP) is 7.96. The van der Waals surface area contributed by atoms with Gasteiger partial charge < -0.3 is 24.6 Å². The molecular formula is C51H59N3O8S. The number of hydrogen-bond acceptors (Lipinski definition) is 9. The third-order valence-electron chi connectivity index (χ3n) is 11.7. The van der Waals surface area contributed by atoms with Crippen LogP contribution in [0.5, 0.6) is 0 Å². The first-order chi connectivity index (χ1) is 30.2. The normalized spacial score (nSPS) is 21.1. The molecule has 2 saturated heterocycles. The lowest BCUT2D eigenvalue weighted by molar-refractivity contribution is -0.276. The highest BCUT2D eigenvalue weighted by Crippen LogP contribution is 2.43. The first kappa shape index (κ1) is 45.8. The van der Waals surface area contributed by atoms with E-state index in [2.05, 4.69) is 27.9 Å². The Morgan fingerprint density at radius 2 is 1.51 bits per heavy atom. The van der Waals surface area contributed by atoms with Crippen molar-refractivity contribution < 1.29 is 37.3 Å². The Labute approximate surface area is 371 Å². The van der Waals surface area contributed by atoms with Gasteiger partial charge in [-0.25, -0.2) is 8.42 Å². The molecule has 2 aliphatic heterocycles. The summed E-state index contributed by atoms with van der Waals surface area (Å²) in [7, 11) is -3.99. The van der Waals surface area contributed by atoms with Crippen LogP contribution in [0.25, 0.3) is 11.1 Å². The summed E-state index contributed by atoms with van der Waals surface area (Å²) in [6.45, 7) is 11.1. The van der Waals surface area contributed by atoms with Crippen molar-refractivity contribution in [2.24, 2.45) is 5.92 Å². The fourth-order valence-corrected chi connectivity index (χ4v) is 9.48. The maximum absolute atomic E-state index is 13.8. The number of ether oxygens (including phenoxy) is 3. The number of rotatable bonds is 15. The predicted molar refractivity (Wildman–Crippen MR) is 243 cm³/mol. The first-order valence-electron chi connectivity index (χ1n) is 21.7. The van der Waals surface area contributed by atoms with Crippen molar-refractivity contribution in [2.75, 3.05) is 13.1 Å². The number of aliphatic hydroxyl groups is 1. The second kappa shape index (κ2) is 20.1. The number of carbonyl (C=O) groups is 2. The van der Waals surface area contributed by atoms with Crippen LogP contribution >= 0.6 is 0 Å². The van der Waals surface area contributed by atoms with Gasteiger partial charge in [0.2, 0.25) is 15.9 Å². The van der Waals surface area contributed by atoms with E-state index in [1.165, 1.54) is 12.1 Å². The third kappa shape index (κ3) is 11.9. The van der Waals surface area contributed by atoms with Crippen molar-refractivity contribution in [1.29, 1.82) is 0 Å². The van der Waals surface area contributed by atoms with E-state index in [-0.39, 0.29) is 54.6 Å². The number of amides is 1. The number of aryl methyl sites for hydroxylation is 1. The van der Waals surface area contributed by atoms with Gasteiger partial charge in [0.05, 0.1) is 23.7 Å². The molecule has 0 aromatic heterocycles. The zero-order chi connectivity index (χ0) is 44.7. The maximum Gasteiger partial charge on any atom is 0.323 e. The Hall–Kier alpha value is -5.21. The Kier molecular flexibility index (Phi) is 14.6. The van der Waals surface area contributed by atoms with Crippen LogP contribution in [0.15, 0.2) is 132 Å². The zero-order valence-corrected chi connectivity index (χ0v) is 37.5. The monoisotopic (exact) mass is 873 g/mol. The summed E-state index contributed by atoms with van der Waals surface area (Å²) in [4.78, 5) is 29.4. The number of nitrogens with zero attached hydrogens (tertiary/aromatic N) is 1. The van der Waals surface area contributed by atoms with E-state index >= 15 is 0 Å². The van der Waals surface area contributed by atoms with Crippen LogP contribution in [0.3, 0.4) is 0 Å². The Morgan fingerprint density at radius 1 is 0.825 bits per heavy atom. The number of hydrogen-bond donors (Lipinski definition) is 3. The molecule has 5 aromatic rings. The molecule has 2 heterocycles. The average Bonchev–Trinajstić information content (AvgIpc) is 3.74. The summed E-state index contributed by atoms with van der Waals surface area (Å²) >= 11 is 0. The van der Waals surface area contributed by atoms with Crippen LogP contribution in [0.4, 0.5) is 0 Å². The van der Waals surface area contributed by atoms with Crippen LogP contribution in [0.1, 0.15) is 86.3 Å². The highest BCUT2D eigenvalue weighted by atomic mass is 32.2. The first-order valence-corrected chi connectivity index (χ1v) is 23.2. The molecule has 3 N–H and O–H groups in total. The molecule has 2 fully saturated rings. The lowest BCUT2D eigenvalue weighted by Crippen LogP contribution is -2.48. The molecule has 0 aliphatic carbocycles. The standard InChI is InChI=1S/C51H59N3O8S/c1-34-19-25-43(26-20-34)63(58,59)53-44(29-36-12-7-6-8-13-36)48(56)52-31-38-14-9-15-40(28-38)41-16-10-17-42(30-41)50-60-46(32-54-27-11-18-45(54)49(57)62-51(3,4)5)35(2)47(61-50)39-23-21-37(33-55)22-24-39/h6-10,12-17,19-26,28,30,35,44-47,50,53,55H,11,18,27,29,31-33H2,1-5H3,(H,52,56)/t35-,44+,45-,46+,47+,50+/m0/s1. The highest BCUT2D eigenvalue weighted by Gasteiger charge is 2.42. The minimum atomic E-state index is -3.99. The fourth-order valence-electron chi connectivity index (χ4n) is 8.29. The molecule has 0 saturated carbocycles. The minimum absolute atomic E-state index is 0.0536. The molecular weight excluding hydrogens is 815 g/mol. The van der Waals surface area contributed by atoms with Crippen molar-refractivity contribution in [3.05, 3.63) is 161 Å². The number of likely N-dealkylation sites (tertiary alicyclic amines) is 1. The number of carbonyl (C=O) groups excluding carboxylic acids is 2. The molecule has 6 atom stereocenters. The zero-order valence-electron chi connectivity index (χ0n) is 36.7. The molecule has 12 heteroatoms. The third-order valence-corrected chi connectivity index (χ3v) is 13.2. The molecule has 0 unspecified atom stereocenters. The summed E-state index contributed by atoms with van der Waals surface area (Å²) in [6, 6.07) is 38.2. The largest absolute Gasteiger partial charge is 0.459 e. The van der Waals surface area contributed by atoms with E-state index in [0.717, 1.165) is 63.9 Å². The summed E-state index contributed by atoms with van der Waals surface area (Å²) < 4.78 is 49.0. The molecule has 7 rings (SSSR count). The van der Waals surface area contributed by atoms with E-state index in [1.807, 2.05) is 125 Å². The lowest BCUT2D eigenvalue weighted by Gasteiger charge is -2.43. The number of sulfonamides is 1. The molecule has 332 valence electrons. The number of esters is 1. The maximum atomic E-state index is 13.8. The summed E-state index contributed by atoms with van der Waals surface area (Å²) in [5.41, 5.74) is 6.46. The number of benzene rings is 5. The SMILES string of the molecule is Cc1ccc(S(=O)(=O)N[C@H](Cc2ccccc2)C(=O)NCc2cccc(-c3cccc([C@@H]4O[C@H](CN5CCC[C@H]5C(=O)OC(C)(C)C)[C@H](C)[C@H](c5ccc(CO)cc5)O4)c3)c2)cc1. The summed E-state index contributed by atoms with van der Waals surface area (Å²) in [5.74, 6) is -0.720. The van der Waals surface area contributed by atoms with E-state index in [4.69, 9.17) is 14.2 Å². The van der Waals surface area contributed by atoms with Crippen LogP contribution in [0, 0.1) is 12.8 Å². The molecule has 2 aliphatic rings.